The van der Waals surface area contributed by atoms with Crippen LogP contribution in [0.2, 0.25) is 5.02 Å². The summed E-state index contributed by atoms with van der Waals surface area (Å²) in [6.45, 7) is 3.61. The van der Waals surface area contributed by atoms with Crippen molar-refractivity contribution in [3.8, 4) is 11.3 Å². The molecule has 0 aliphatic heterocycles. The van der Waals surface area contributed by atoms with Gasteiger partial charge >= 0.3 is 0 Å². The van der Waals surface area contributed by atoms with E-state index in [0.717, 1.165) is 5.56 Å². The molecule has 36 heavy (non-hydrogen) atoms. The van der Waals surface area contributed by atoms with Crippen LogP contribution >= 0.6 is 11.6 Å². The van der Waals surface area contributed by atoms with Crippen molar-refractivity contribution in [1.29, 1.82) is 0 Å². The molecule has 0 radical (unpaired) electrons. The minimum atomic E-state index is -1.11. The first-order valence-corrected chi connectivity index (χ1v) is 11.7. The van der Waals surface area contributed by atoms with Crippen molar-refractivity contribution in [1.82, 2.24) is 19.7 Å². The van der Waals surface area contributed by atoms with Crippen LogP contribution in [0.5, 0.6) is 0 Å². The Hall–Kier alpha value is -3.60. The van der Waals surface area contributed by atoms with E-state index in [2.05, 4.69) is 20.6 Å². The number of nitrogens with two attached hydrogens (primary N) is 1. The third-order valence-electron chi connectivity index (χ3n) is 5.53. The van der Waals surface area contributed by atoms with Crippen LogP contribution in [0.25, 0.3) is 16.9 Å². The molecular weight excluding hydrogens is 490 g/mol. The van der Waals surface area contributed by atoms with Crippen molar-refractivity contribution < 1.29 is 18.3 Å². The second-order valence-corrected chi connectivity index (χ2v) is 8.25. The van der Waals surface area contributed by atoms with Gasteiger partial charge in [0.25, 0.3) is 5.91 Å². The molecular formula is C25H25ClF2N6O2. The van der Waals surface area contributed by atoms with Gasteiger partial charge in [0.05, 0.1) is 30.1 Å². The Morgan fingerprint density at radius 3 is 2.78 bits per heavy atom. The lowest BCUT2D eigenvalue weighted by Crippen LogP contribution is -2.28. The van der Waals surface area contributed by atoms with E-state index in [9.17, 15) is 13.6 Å². The van der Waals surface area contributed by atoms with Crippen molar-refractivity contribution in [3.05, 3.63) is 76.7 Å². The van der Waals surface area contributed by atoms with E-state index in [1.54, 1.807) is 22.7 Å². The number of carbonyl (C=O) groups is 1. The Morgan fingerprint density at radius 2 is 2.00 bits per heavy atom. The Morgan fingerprint density at radius 1 is 1.17 bits per heavy atom. The summed E-state index contributed by atoms with van der Waals surface area (Å²) in [5.41, 5.74) is 8.28. The molecule has 0 fully saturated rings. The second kappa shape index (κ2) is 11.4. The third kappa shape index (κ3) is 5.30. The van der Waals surface area contributed by atoms with E-state index in [0.29, 0.717) is 61.1 Å². The number of nitrogens with zero attached hydrogens (tertiary/aromatic N) is 3. The Balaban J connectivity index is 1.57. The maximum Gasteiger partial charge on any atom is 0.251 e. The van der Waals surface area contributed by atoms with Gasteiger partial charge in [0, 0.05) is 42.3 Å². The van der Waals surface area contributed by atoms with Crippen LogP contribution in [0.1, 0.15) is 22.8 Å². The highest BCUT2D eigenvalue weighted by Crippen LogP contribution is 2.30. The average Bonchev–Trinajstić information content (AvgIpc) is 3.32. The number of anilines is 2. The molecule has 2 aromatic carbocycles. The van der Waals surface area contributed by atoms with Crippen molar-refractivity contribution in [2.45, 2.75) is 13.3 Å². The molecule has 0 bridgehead atoms. The molecule has 4 aromatic rings. The molecule has 4 rings (SSSR count). The minimum absolute atomic E-state index is 0.0265. The van der Waals surface area contributed by atoms with Gasteiger partial charge in [0.1, 0.15) is 0 Å². The number of fused-ring (bicyclic) bond motifs is 1. The van der Waals surface area contributed by atoms with Gasteiger partial charge in [-0.25, -0.2) is 18.7 Å². The number of benzene rings is 2. The smallest absolute Gasteiger partial charge is 0.251 e. The fourth-order valence-corrected chi connectivity index (χ4v) is 3.92. The largest absolute Gasteiger partial charge is 0.378 e. The summed E-state index contributed by atoms with van der Waals surface area (Å²) in [4.78, 5) is 21.3. The summed E-state index contributed by atoms with van der Waals surface area (Å²) >= 11 is 5.69. The highest BCUT2D eigenvalue weighted by Gasteiger charge is 2.18. The number of aryl methyl sites for hydroxylation is 1. The fraction of sp³-hybridized carbons (Fsp3) is 0.240. The molecule has 4 N–H and O–H groups in total. The van der Waals surface area contributed by atoms with Crippen LogP contribution in [0.15, 0.2) is 48.9 Å². The Kier molecular flexibility index (Phi) is 8.09. The maximum absolute atomic E-state index is 14.5. The first kappa shape index (κ1) is 25.5. The van der Waals surface area contributed by atoms with Gasteiger partial charge in [-0.15, -0.1) is 0 Å². The number of aromatic nitrogens is 3. The topological polar surface area (TPSA) is 107 Å². The Bertz CT molecular complexity index is 1390. The molecule has 0 spiro atoms. The van der Waals surface area contributed by atoms with Crippen LogP contribution in [0, 0.1) is 11.6 Å². The lowest BCUT2D eigenvalue weighted by Gasteiger charge is -2.13. The number of ether oxygens (including phenoxy) is 1. The van der Waals surface area contributed by atoms with Crippen molar-refractivity contribution in [2.75, 3.05) is 31.6 Å². The lowest BCUT2D eigenvalue weighted by molar-refractivity contribution is 0.0919. The van der Waals surface area contributed by atoms with E-state index < -0.39 is 11.6 Å². The quantitative estimate of drug-likeness (QED) is 0.215. The van der Waals surface area contributed by atoms with E-state index in [1.165, 1.54) is 24.5 Å². The molecule has 0 aliphatic rings. The van der Waals surface area contributed by atoms with Gasteiger partial charge < -0.3 is 21.1 Å². The van der Waals surface area contributed by atoms with E-state index in [4.69, 9.17) is 22.1 Å². The molecule has 2 heterocycles. The average molecular weight is 515 g/mol. The standard InChI is InChI=1S/C25H25ClF2N6O2/c1-2-15-13-16(3-4-17(15)25(35)31-9-12-36-11-7-29)33-23-24-32-14-20(34(24)10-8-30-23)18-5-6-19(26)22(28)21(18)27/h3-6,8,10,13-14H,2,7,9,11-12,29H2,1H3,(H,30,33)(H,31,35). The number of rotatable bonds is 10. The number of imidazole rings is 1. The molecule has 0 saturated heterocycles. The van der Waals surface area contributed by atoms with Crippen LogP contribution in [0.4, 0.5) is 20.3 Å². The molecule has 2 aromatic heterocycles. The van der Waals surface area contributed by atoms with Crippen molar-refractivity contribution in [2.24, 2.45) is 5.73 Å². The summed E-state index contributed by atoms with van der Waals surface area (Å²) in [5.74, 6) is -1.95. The maximum atomic E-state index is 14.5. The van der Waals surface area contributed by atoms with Gasteiger partial charge in [-0.3, -0.25) is 9.20 Å². The number of carbonyl (C=O) groups excluding carboxylic acids is 1. The zero-order valence-corrected chi connectivity index (χ0v) is 20.3. The predicted octanol–water partition coefficient (Wildman–Crippen LogP) is 4.34. The SMILES string of the molecule is CCc1cc(Nc2nccn3c(-c4ccc(Cl)c(F)c4F)cnc23)ccc1C(=O)NCCOCCN. The zero-order valence-electron chi connectivity index (χ0n) is 19.5. The highest BCUT2D eigenvalue weighted by atomic mass is 35.5. The summed E-state index contributed by atoms with van der Waals surface area (Å²) < 4.78 is 35.5. The molecule has 0 saturated carbocycles. The van der Waals surface area contributed by atoms with Crippen LogP contribution < -0.4 is 16.4 Å². The summed E-state index contributed by atoms with van der Waals surface area (Å²) in [5, 5.41) is 5.75. The molecule has 1 amide bonds. The fourth-order valence-electron chi connectivity index (χ4n) is 3.77. The first-order valence-electron chi connectivity index (χ1n) is 11.4. The molecule has 0 unspecified atom stereocenters. The summed E-state index contributed by atoms with van der Waals surface area (Å²) in [7, 11) is 0. The Labute approximate surface area is 211 Å². The molecule has 8 nitrogen and oxygen atoms in total. The first-order chi connectivity index (χ1) is 17.4. The summed E-state index contributed by atoms with van der Waals surface area (Å²) in [6.07, 6.45) is 5.21. The molecule has 11 heteroatoms. The summed E-state index contributed by atoms with van der Waals surface area (Å²) in [6, 6.07) is 8.07. The number of hydrogen-bond donors (Lipinski definition) is 3. The lowest BCUT2D eigenvalue weighted by atomic mass is 10.0. The second-order valence-electron chi connectivity index (χ2n) is 7.84. The number of nitrogens with one attached hydrogen (secondary N) is 2. The van der Waals surface area contributed by atoms with Crippen LogP contribution in [-0.2, 0) is 11.2 Å². The van der Waals surface area contributed by atoms with E-state index in [-0.39, 0.29) is 16.5 Å². The van der Waals surface area contributed by atoms with E-state index in [1.807, 2.05) is 13.0 Å². The van der Waals surface area contributed by atoms with Crippen molar-refractivity contribution >= 4 is 34.7 Å². The normalized spacial score (nSPS) is 11.1. The third-order valence-corrected chi connectivity index (χ3v) is 5.82. The zero-order chi connectivity index (χ0) is 25.7. The van der Waals surface area contributed by atoms with Crippen LogP contribution in [0.3, 0.4) is 0 Å². The highest BCUT2D eigenvalue weighted by molar-refractivity contribution is 6.30. The number of halogens is 3. The minimum Gasteiger partial charge on any atom is -0.378 e. The molecule has 188 valence electrons. The number of hydrogen-bond acceptors (Lipinski definition) is 6. The number of amides is 1. The van der Waals surface area contributed by atoms with Gasteiger partial charge in [0.2, 0.25) is 0 Å². The van der Waals surface area contributed by atoms with Gasteiger partial charge in [-0.1, -0.05) is 18.5 Å². The molecule has 0 aliphatic carbocycles. The van der Waals surface area contributed by atoms with Crippen LogP contribution in [-0.4, -0.2) is 46.6 Å². The van der Waals surface area contributed by atoms with E-state index >= 15 is 0 Å². The monoisotopic (exact) mass is 514 g/mol. The van der Waals surface area contributed by atoms with Gasteiger partial charge in [0.15, 0.2) is 23.1 Å². The van der Waals surface area contributed by atoms with Gasteiger partial charge in [-0.05, 0) is 42.3 Å². The predicted molar refractivity (Wildman–Crippen MR) is 135 cm³/mol. The van der Waals surface area contributed by atoms with Crippen molar-refractivity contribution in [3.63, 3.8) is 0 Å². The van der Waals surface area contributed by atoms with Gasteiger partial charge in [-0.2, -0.15) is 0 Å². The molecule has 0 atom stereocenters.